The smallest absolute Gasteiger partial charge is 0.314 e. The topological polar surface area (TPSA) is 15.3 Å². The highest BCUT2D eigenvalue weighted by Gasteiger charge is 2.34. The second-order valence-corrected chi connectivity index (χ2v) is 6.56. The Bertz CT molecular complexity index is 542. The van der Waals surface area contributed by atoms with Gasteiger partial charge in [-0.05, 0) is 18.6 Å². The molecule has 1 fully saturated rings. The van der Waals surface area contributed by atoms with Crippen molar-refractivity contribution in [3.8, 4) is 0 Å². The lowest BCUT2D eigenvalue weighted by atomic mass is 9.95. The first-order valence-corrected chi connectivity index (χ1v) is 8.73. The largest absolute Gasteiger partial charge is 0.416 e. The van der Waals surface area contributed by atoms with Crippen molar-refractivity contribution in [2.75, 3.05) is 26.2 Å². The molecule has 1 heterocycles. The summed E-state index contributed by atoms with van der Waals surface area (Å²) in [7, 11) is 0. The Morgan fingerprint density at radius 2 is 1.88 bits per heavy atom. The van der Waals surface area contributed by atoms with E-state index in [4.69, 9.17) is 11.6 Å². The lowest BCUT2D eigenvalue weighted by molar-refractivity contribution is -0.137. The second kappa shape index (κ2) is 8.50. The molecule has 1 aromatic carbocycles. The molecule has 0 radical (unpaired) electrons. The van der Waals surface area contributed by atoms with Crippen LogP contribution in [0.2, 0.25) is 5.02 Å². The fourth-order valence-corrected chi connectivity index (χ4v) is 3.36. The maximum Gasteiger partial charge on any atom is 0.416 e. The van der Waals surface area contributed by atoms with E-state index in [1.165, 1.54) is 0 Å². The molecule has 2 nitrogen and oxygen atoms in total. The summed E-state index contributed by atoms with van der Waals surface area (Å²) < 4.78 is 53.8. The minimum absolute atomic E-state index is 0.0628. The van der Waals surface area contributed by atoms with Crippen LogP contribution in [0.3, 0.4) is 0 Å². The Kier molecular flexibility index (Phi) is 6.89. The third-order valence-electron chi connectivity index (χ3n) is 4.42. The highest BCUT2D eigenvalue weighted by molar-refractivity contribution is 6.30. The van der Waals surface area contributed by atoms with Crippen LogP contribution in [-0.4, -0.2) is 31.1 Å². The van der Waals surface area contributed by atoms with Crippen molar-refractivity contribution >= 4 is 11.6 Å². The number of hydrogen-bond acceptors (Lipinski definition) is 2. The van der Waals surface area contributed by atoms with Crippen molar-refractivity contribution in [2.45, 2.75) is 44.8 Å². The fraction of sp³-hybridized carbons (Fsp3) is 0.647. The number of alkyl halides is 3. The first-order chi connectivity index (χ1) is 11.3. The van der Waals surface area contributed by atoms with Gasteiger partial charge in [0.05, 0.1) is 10.6 Å². The average Bonchev–Trinajstić information content (AvgIpc) is 2.54. The van der Waals surface area contributed by atoms with E-state index in [1.807, 2.05) is 0 Å². The van der Waals surface area contributed by atoms with E-state index in [0.717, 1.165) is 38.4 Å². The van der Waals surface area contributed by atoms with Crippen molar-refractivity contribution in [3.63, 3.8) is 0 Å². The van der Waals surface area contributed by atoms with Crippen LogP contribution in [0.4, 0.5) is 17.6 Å². The molecule has 136 valence electrons. The van der Waals surface area contributed by atoms with E-state index in [-0.39, 0.29) is 11.6 Å². The lowest BCUT2D eigenvalue weighted by Crippen LogP contribution is -2.45. The van der Waals surface area contributed by atoms with Crippen LogP contribution in [0.1, 0.15) is 49.8 Å². The Hall–Kier alpha value is -0.850. The van der Waals surface area contributed by atoms with Crippen LogP contribution in [0.15, 0.2) is 12.1 Å². The van der Waals surface area contributed by atoms with Gasteiger partial charge in [0.2, 0.25) is 0 Å². The Balaban J connectivity index is 2.37. The molecular weight excluding hydrogens is 344 g/mol. The van der Waals surface area contributed by atoms with Crippen molar-refractivity contribution in [1.29, 1.82) is 0 Å². The van der Waals surface area contributed by atoms with E-state index in [1.54, 1.807) is 0 Å². The summed E-state index contributed by atoms with van der Waals surface area (Å²) in [5.74, 6) is -0.732. The van der Waals surface area contributed by atoms with E-state index < -0.39 is 22.6 Å². The summed E-state index contributed by atoms with van der Waals surface area (Å²) in [6.07, 6.45) is -1.10. The predicted molar refractivity (Wildman–Crippen MR) is 87.7 cm³/mol. The fourth-order valence-electron chi connectivity index (χ4n) is 3.13. The van der Waals surface area contributed by atoms with E-state index >= 15 is 0 Å². The van der Waals surface area contributed by atoms with Crippen LogP contribution in [0, 0.1) is 5.82 Å². The van der Waals surface area contributed by atoms with Crippen LogP contribution >= 0.6 is 11.6 Å². The summed E-state index contributed by atoms with van der Waals surface area (Å²) in [6.45, 7) is 4.92. The summed E-state index contributed by atoms with van der Waals surface area (Å²) >= 11 is 5.76. The summed E-state index contributed by atoms with van der Waals surface area (Å²) in [4.78, 5) is 2.06. The molecule has 0 amide bonds. The molecule has 24 heavy (non-hydrogen) atoms. The zero-order valence-electron chi connectivity index (χ0n) is 13.7. The lowest BCUT2D eigenvalue weighted by Gasteiger charge is -2.36. The molecule has 0 bridgehead atoms. The molecule has 1 aliphatic rings. The molecule has 0 spiro atoms. The molecule has 2 rings (SSSR count). The van der Waals surface area contributed by atoms with Crippen LogP contribution in [0.5, 0.6) is 0 Å². The van der Waals surface area contributed by atoms with Gasteiger partial charge in [-0.2, -0.15) is 13.2 Å². The van der Waals surface area contributed by atoms with Gasteiger partial charge in [0, 0.05) is 37.8 Å². The first-order valence-electron chi connectivity index (χ1n) is 8.35. The van der Waals surface area contributed by atoms with Gasteiger partial charge in [-0.25, -0.2) is 4.39 Å². The van der Waals surface area contributed by atoms with E-state index in [2.05, 4.69) is 17.1 Å². The number of unbranched alkanes of at least 4 members (excludes halogenated alkanes) is 2. The highest BCUT2D eigenvalue weighted by atomic mass is 35.5. The quantitative estimate of drug-likeness (QED) is 0.561. The van der Waals surface area contributed by atoms with Crippen LogP contribution in [-0.2, 0) is 6.18 Å². The van der Waals surface area contributed by atoms with Crippen LogP contribution < -0.4 is 5.32 Å². The molecule has 0 aromatic heterocycles. The molecule has 0 aliphatic carbocycles. The number of halogens is 5. The van der Waals surface area contributed by atoms with E-state index in [9.17, 15) is 17.6 Å². The number of benzene rings is 1. The molecule has 1 saturated heterocycles. The van der Waals surface area contributed by atoms with Gasteiger partial charge in [0.25, 0.3) is 0 Å². The summed E-state index contributed by atoms with van der Waals surface area (Å²) in [5, 5.41) is 2.75. The number of nitrogens with one attached hydrogen (secondary N) is 1. The SMILES string of the molecule is CCCCC[C@H](c1cc(C(F)(F)F)cc(Cl)c1F)N1CCNCC1. The number of nitrogens with zero attached hydrogens (tertiary/aromatic N) is 1. The van der Waals surface area contributed by atoms with Gasteiger partial charge in [0.1, 0.15) is 5.82 Å². The third-order valence-corrected chi connectivity index (χ3v) is 4.69. The molecule has 1 atom stereocenters. The zero-order chi connectivity index (χ0) is 17.7. The highest BCUT2D eigenvalue weighted by Crippen LogP contribution is 2.38. The van der Waals surface area contributed by atoms with Crippen molar-refractivity contribution < 1.29 is 17.6 Å². The number of piperazine rings is 1. The third kappa shape index (κ3) is 4.83. The molecular formula is C17H23ClF4N2. The minimum atomic E-state index is -4.54. The Labute approximate surface area is 145 Å². The van der Waals surface area contributed by atoms with Crippen molar-refractivity contribution in [1.82, 2.24) is 10.2 Å². The number of rotatable bonds is 6. The van der Waals surface area contributed by atoms with Gasteiger partial charge in [0.15, 0.2) is 0 Å². The molecule has 1 aliphatic heterocycles. The normalized spacial score (nSPS) is 17.9. The van der Waals surface area contributed by atoms with Gasteiger partial charge in [-0.3, -0.25) is 4.90 Å². The van der Waals surface area contributed by atoms with Crippen molar-refractivity contribution in [2.24, 2.45) is 0 Å². The second-order valence-electron chi connectivity index (χ2n) is 6.16. The molecule has 7 heteroatoms. The van der Waals surface area contributed by atoms with Gasteiger partial charge in [-0.15, -0.1) is 0 Å². The standard InChI is InChI=1S/C17H23ClF4N2/c1-2-3-4-5-15(24-8-6-23-7-9-24)13-10-12(17(20,21)22)11-14(18)16(13)19/h10-11,15,23H,2-9H2,1H3/t15-/m1/s1. The molecule has 1 N–H and O–H groups in total. The Morgan fingerprint density at radius 3 is 2.46 bits per heavy atom. The minimum Gasteiger partial charge on any atom is -0.314 e. The zero-order valence-corrected chi connectivity index (χ0v) is 14.5. The Morgan fingerprint density at radius 1 is 1.21 bits per heavy atom. The predicted octanol–water partition coefficient (Wildman–Crippen LogP) is 5.02. The van der Waals surface area contributed by atoms with Crippen molar-refractivity contribution in [3.05, 3.63) is 34.1 Å². The van der Waals surface area contributed by atoms with Gasteiger partial charge >= 0.3 is 6.18 Å². The van der Waals surface area contributed by atoms with Gasteiger partial charge < -0.3 is 5.32 Å². The maximum absolute atomic E-state index is 14.5. The molecule has 1 aromatic rings. The monoisotopic (exact) mass is 366 g/mol. The van der Waals surface area contributed by atoms with E-state index in [0.29, 0.717) is 25.6 Å². The van der Waals surface area contributed by atoms with Gasteiger partial charge in [-0.1, -0.05) is 37.8 Å². The molecule has 0 saturated carbocycles. The molecule has 0 unspecified atom stereocenters. The first kappa shape index (κ1) is 19.5. The average molecular weight is 367 g/mol. The summed E-state index contributed by atoms with van der Waals surface area (Å²) in [6, 6.07) is 1.22. The number of hydrogen-bond donors (Lipinski definition) is 1. The van der Waals surface area contributed by atoms with Crippen LogP contribution in [0.25, 0.3) is 0 Å². The summed E-state index contributed by atoms with van der Waals surface area (Å²) in [5.41, 5.74) is -0.827. The maximum atomic E-state index is 14.5.